The summed E-state index contributed by atoms with van der Waals surface area (Å²) in [5, 5.41) is 9.15. The first-order valence-electron chi connectivity index (χ1n) is 5.07. The van der Waals surface area contributed by atoms with E-state index in [1.807, 2.05) is 0 Å². The lowest BCUT2D eigenvalue weighted by atomic mass is 10.2. The maximum Gasteiger partial charge on any atom is 0.400 e. The minimum absolute atomic E-state index is 0.318. The third kappa shape index (κ3) is 3.52. The molecule has 0 aliphatic rings. The average molecular weight is 360 g/mol. The lowest BCUT2D eigenvalue weighted by Crippen LogP contribution is -2.46. The molecule has 1 rings (SSSR count). The Morgan fingerprint density at radius 2 is 1.29 bits per heavy atom. The number of hydrogen-bond acceptors (Lipinski definition) is 8. The summed E-state index contributed by atoms with van der Waals surface area (Å²) in [6.45, 7) is 0. The predicted molar refractivity (Wildman–Crippen MR) is 72.1 cm³/mol. The Balaban J connectivity index is 3.90. The van der Waals surface area contributed by atoms with Gasteiger partial charge in [0.15, 0.2) is 19.7 Å². The van der Waals surface area contributed by atoms with Gasteiger partial charge in [0.05, 0.1) is 0 Å². The maximum absolute atomic E-state index is 11.9. The molecule has 0 bridgehead atoms. The molecule has 0 spiro atoms. The highest BCUT2D eigenvalue weighted by Crippen LogP contribution is 2.38. The van der Waals surface area contributed by atoms with Crippen LogP contribution in [0, 0.1) is 0 Å². The highest BCUT2D eigenvalue weighted by atomic mass is 32.3. The van der Waals surface area contributed by atoms with Crippen molar-refractivity contribution >= 4 is 30.1 Å². The monoisotopic (exact) mass is 360 g/mol. The topological polar surface area (TPSA) is 152 Å². The third-order valence-corrected chi connectivity index (χ3v) is 7.49. The Bertz CT molecular complexity index is 800. The van der Waals surface area contributed by atoms with Crippen LogP contribution in [0.25, 0.3) is 0 Å². The highest BCUT2D eigenvalue weighted by Gasteiger charge is 2.57. The van der Waals surface area contributed by atoms with Gasteiger partial charge in [0, 0.05) is 18.1 Å². The second-order valence-electron chi connectivity index (χ2n) is 4.16. The number of phenols is 1. The van der Waals surface area contributed by atoms with Crippen LogP contribution in [-0.2, 0) is 38.5 Å². The molecule has 0 saturated heterocycles. The second kappa shape index (κ2) is 5.21. The van der Waals surface area contributed by atoms with Crippen LogP contribution < -0.4 is 0 Å². The summed E-state index contributed by atoms with van der Waals surface area (Å²) in [4.78, 5) is 0. The first-order chi connectivity index (χ1) is 9.21. The van der Waals surface area contributed by atoms with Gasteiger partial charge >= 0.3 is 14.7 Å². The van der Waals surface area contributed by atoms with Crippen LogP contribution in [-0.4, -0.2) is 47.4 Å². The quantitative estimate of drug-likeness (QED) is 0.656. The number of aromatic hydroxyl groups is 1. The molecular weight excluding hydrogens is 348 g/mol. The van der Waals surface area contributed by atoms with Gasteiger partial charge < -0.3 is 5.11 Å². The highest BCUT2D eigenvalue weighted by molar-refractivity contribution is 8.09. The molecule has 0 saturated carbocycles. The summed E-state index contributed by atoms with van der Waals surface area (Å²) >= 11 is 0. The molecule has 12 heteroatoms. The second-order valence-corrected chi connectivity index (χ2v) is 9.68. The van der Waals surface area contributed by atoms with E-state index in [2.05, 4.69) is 4.18 Å². The van der Waals surface area contributed by atoms with Gasteiger partial charge in [0.2, 0.25) is 0 Å². The van der Waals surface area contributed by atoms with E-state index in [0.29, 0.717) is 12.5 Å². The van der Waals surface area contributed by atoms with E-state index in [9.17, 15) is 25.3 Å². The lowest BCUT2D eigenvalue weighted by molar-refractivity contribution is 0.206. The molecule has 0 unspecified atom stereocenters. The fourth-order valence-corrected chi connectivity index (χ4v) is 6.89. The summed E-state index contributed by atoms with van der Waals surface area (Å²) in [6, 6.07) is 3.58. The van der Waals surface area contributed by atoms with E-state index in [0.717, 1.165) is 24.3 Å². The first kappa shape index (κ1) is 17.8. The number of benzene rings is 1. The molecular formula is C9H12O9S3. The predicted octanol–water partition coefficient (Wildman–Crippen LogP) is -0.589. The standard InChI is InChI=1S/C9H12O9S3/c1-19(11,12)9(20(2,13)14,18-21(15,16)17)7-3-5-8(10)6-4-7/h3-6,10H,1-2H3,(H,15,16,17). The fourth-order valence-electron chi connectivity index (χ4n) is 1.68. The molecule has 2 N–H and O–H groups in total. The minimum atomic E-state index is -5.43. The Morgan fingerprint density at radius 3 is 1.57 bits per heavy atom. The van der Waals surface area contributed by atoms with Crippen LogP contribution in [0.3, 0.4) is 0 Å². The molecule has 0 atom stereocenters. The van der Waals surface area contributed by atoms with Crippen LogP contribution in [0.2, 0.25) is 0 Å². The summed E-state index contributed by atoms with van der Waals surface area (Å²) in [7, 11) is -14.9. The molecule has 0 amide bonds. The van der Waals surface area contributed by atoms with Gasteiger partial charge in [-0.1, -0.05) is 12.1 Å². The summed E-state index contributed by atoms with van der Waals surface area (Å²) in [5.74, 6) is -0.318. The number of rotatable bonds is 5. The van der Waals surface area contributed by atoms with E-state index >= 15 is 0 Å². The van der Waals surface area contributed by atoms with Crippen LogP contribution in [0.15, 0.2) is 24.3 Å². The molecule has 0 aliphatic heterocycles. The van der Waals surface area contributed by atoms with Gasteiger partial charge in [-0.25, -0.2) is 21.0 Å². The smallest absolute Gasteiger partial charge is 0.400 e. The van der Waals surface area contributed by atoms with Crippen molar-refractivity contribution in [2.24, 2.45) is 0 Å². The van der Waals surface area contributed by atoms with E-state index in [1.165, 1.54) is 0 Å². The van der Waals surface area contributed by atoms with Crippen molar-refractivity contribution in [2.75, 3.05) is 12.5 Å². The van der Waals surface area contributed by atoms with E-state index in [1.54, 1.807) is 0 Å². The van der Waals surface area contributed by atoms with E-state index in [-0.39, 0.29) is 5.75 Å². The van der Waals surface area contributed by atoms with Crippen LogP contribution in [0.4, 0.5) is 0 Å². The number of sulfone groups is 2. The van der Waals surface area contributed by atoms with E-state index < -0.39 is 39.9 Å². The van der Waals surface area contributed by atoms with Crippen molar-refractivity contribution in [3.63, 3.8) is 0 Å². The summed E-state index contributed by atoms with van der Waals surface area (Å²) < 4.78 is 79.0. The van der Waals surface area contributed by atoms with Crippen LogP contribution in [0.1, 0.15) is 5.56 Å². The molecule has 1 aromatic carbocycles. The Labute approximate surface area is 122 Å². The third-order valence-electron chi connectivity index (χ3n) is 2.41. The average Bonchev–Trinajstić information content (AvgIpc) is 2.22. The Hall–Kier alpha value is -1.21. The Kier molecular flexibility index (Phi) is 4.42. The summed E-state index contributed by atoms with van der Waals surface area (Å²) in [6.07, 6.45) is 0.873. The zero-order chi connectivity index (χ0) is 16.7. The van der Waals surface area contributed by atoms with Gasteiger partial charge in [-0.05, 0) is 12.1 Å². The van der Waals surface area contributed by atoms with Crippen molar-refractivity contribution in [1.82, 2.24) is 0 Å². The van der Waals surface area contributed by atoms with Crippen LogP contribution in [0.5, 0.6) is 5.75 Å². The van der Waals surface area contributed by atoms with Gasteiger partial charge in [-0.15, -0.1) is 0 Å². The van der Waals surface area contributed by atoms with Gasteiger partial charge in [-0.2, -0.15) is 8.42 Å². The molecule has 0 aromatic heterocycles. The van der Waals surface area contributed by atoms with Gasteiger partial charge in [0.25, 0.3) is 0 Å². The van der Waals surface area contributed by atoms with Gasteiger partial charge in [-0.3, -0.25) is 4.55 Å². The maximum atomic E-state index is 11.9. The van der Waals surface area contributed by atoms with Crippen molar-refractivity contribution in [1.29, 1.82) is 0 Å². The van der Waals surface area contributed by atoms with Crippen molar-refractivity contribution < 1.29 is 39.1 Å². The summed E-state index contributed by atoms with van der Waals surface area (Å²) in [5.41, 5.74) is -0.608. The minimum Gasteiger partial charge on any atom is -0.508 e. The molecule has 0 heterocycles. The first-order valence-corrected chi connectivity index (χ1v) is 10.2. The fraction of sp³-hybridized carbons (Fsp3) is 0.333. The zero-order valence-electron chi connectivity index (χ0n) is 10.8. The number of phenolic OH excluding ortho intramolecular Hbond substituents is 1. The van der Waals surface area contributed by atoms with Gasteiger partial charge in [0.1, 0.15) is 5.75 Å². The van der Waals surface area contributed by atoms with Crippen molar-refractivity contribution in [3.8, 4) is 5.75 Å². The van der Waals surface area contributed by atoms with Crippen LogP contribution >= 0.6 is 0 Å². The normalized spacial score (nSPS) is 14.0. The molecule has 1 aromatic rings. The van der Waals surface area contributed by atoms with Crippen molar-refractivity contribution in [3.05, 3.63) is 29.8 Å². The zero-order valence-corrected chi connectivity index (χ0v) is 13.2. The number of hydrogen-bond donors (Lipinski definition) is 2. The molecule has 120 valence electrons. The van der Waals surface area contributed by atoms with Crippen molar-refractivity contribution in [2.45, 2.75) is 4.27 Å². The Morgan fingerprint density at radius 1 is 0.905 bits per heavy atom. The molecule has 21 heavy (non-hydrogen) atoms. The molecule has 0 fully saturated rings. The molecule has 0 aliphatic carbocycles. The lowest BCUT2D eigenvalue weighted by Gasteiger charge is -2.28. The van der Waals surface area contributed by atoms with E-state index in [4.69, 9.17) is 9.66 Å². The molecule has 0 radical (unpaired) electrons. The SMILES string of the molecule is CS(=O)(=O)C(OS(=O)(=O)O)(c1ccc(O)cc1)S(C)(=O)=O. The largest absolute Gasteiger partial charge is 0.508 e. The molecule has 9 nitrogen and oxygen atoms in total.